The summed E-state index contributed by atoms with van der Waals surface area (Å²) in [6.45, 7) is 6.13. The summed E-state index contributed by atoms with van der Waals surface area (Å²) in [5, 5.41) is 11.5. The van der Waals surface area contributed by atoms with Crippen LogP contribution < -0.4 is 5.32 Å². The molecule has 0 aliphatic rings. The Bertz CT molecular complexity index is 496. The van der Waals surface area contributed by atoms with Crippen molar-refractivity contribution in [2.24, 2.45) is 0 Å². The molecule has 0 aliphatic heterocycles. The lowest BCUT2D eigenvalue weighted by atomic mass is 10.2. The van der Waals surface area contributed by atoms with E-state index in [1.54, 1.807) is 6.26 Å². The van der Waals surface area contributed by atoms with Crippen LogP contribution in [0.3, 0.4) is 0 Å². The van der Waals surface area contributed by atoms with Crippen LogP contribution in [0.4, 0.5) is 5.95 Å². The van der Waals surface area contributed by atoms with Crippen LogP contribution in [0.5, 0.6) is 0 Å². The van der Waals surface area contributed by atoms with E-state index < -0.39 is 0 Å². The van der Waals surface area contributed by atoms with Gasteiger partial charge in [0.05, 0.1) is 23.7 Å². The first kappa shape index (κ1) is 12.5. The minimum absolute atomic E-state index is 0.0268. The average Bonchev–Trinajstić information content (AvgIpc) is 2.92. The molecular formula is C13H18N4O. The summed E-state index contributed by atoms with van der Waals surface area (Å²) in [6.07, 6.45) is 3.38. The van der Waals surface area contributed by atoms with Gasteiger partial charge in [-0.1, -0.05) is 13.8 Å². The van der Waals surface area contributed by atoms with E-state index in [0.717, 1.165) is 30.0 Å². The number of nitrogens with one attached hydrogen (secondary N) is 1. The Morgan fingerprint density at radius 1 is 1.22 bits per heavy atom. The average molecular weight is 246 g/mol. The van der Waals surface area contributed by atoms with Crippen LogP contribution >= 0.6 is 0 Å². The molecule has 18 heavy (non-hydrogen) atoms. The number of furan rings is 1. The molecule has 0 saturated carbocycles. The number of hydrogen-bond acceptors (Lipinski definition) is 5. The van der Waals surface area contributed by atoms with E-state index >= 15 is 0 Å². The van der Waals surface area contributed by atoms with Gasteiger partial charge in [-0.15, -0.1) is 5.10 Å². The van der Waals surface area contributed by atoms with Gasteiger partial charge in [-0.25, -0.2) is 4.98 Å². The third-order valence-corrected chi connectivity index (χ3v) is 2.82. The molecule has 0 radical (unpaired) electrons. The molecule has 1 atom stereocenters. The van der Waals surface area contributed by atoms with Crippen molar-refractivity contribution in [2.75, 3.05) is 5.32 Å². The highest BCUT2D eigenvalue weighted by Crippen LogP contribution is 2.17. The lowest BCUT2D eigenvalue weighted by Crippen LogP contribution is -2.12. The first-order valence-corrected chi connectivity index (χ1v) is 6.27. The maximum Gasteiger partial charge on any atom is 0.243 e. The van der Waals surface area contributed by atoms with Gasteiger partial charge in [-0.2, -0.15) is 5.10 Å². The summed E-state index contributed by atoms with van der Waals surface area (Å²) in [5.41, 5.74) is 1.97. The van der Waals surface area contributed by atoms with Gasteiger partial charge in [0.2, 0.25) is 5.95 Å². The summed E-state index contributed by atoms with van der Waals surface area (Å²) >= 11 is 0. The zero-order chi connectivity index (χ0) is 13.0. The molecule has 0 fully saturated rings. The van der Waals surface area contributed by atoms with E-state index in [0.29, 0.717) is 5.95 Å². The topological polar surface area (TPSA) is 63.8 Å². The highest BCUT2D eigenvalue weighted by molar-refractivity contribution is 5.29. The van der Waals surface area contributed by atoms with Gasteiger partial charge < -0.3 is 9.73 Å². The Hall–Kier alpha value is -1.91. The fourth-order valence-corrected chi connectivity index (χ4v) is 1.80. The number of nitrogens with zero attached hydrogens (tertiary/aromatic N) is 3. The van der Waals surface area contributed by atoms with E-state index in [2.05, 4.69) is 34.3 Å². The molecule has 0 aliphatic carbocycles. The van der Waals surface area contributed by atoms with E-state index in [9.17, 15) is 0 Å². The highest BCUT2D eigenvalue weighted by atomic mass is 16.3. The van der Waals surface area contributed by atoms with Gasteiger partial charge in [-0.3, -0.25) is 0 Å². The lowest BCUT2D eigenvalue weighted by Gasteiger charge is -2.12. The zero-order valence-corrected chi connectivity index (χ0v) is 11.0. The van der Waals surface area contributed by atoms with Crippen molar-refractivity contribution < 1.29 is 4.42 Å². The van der Waals surface area contributed by atoms with Crippen LogP contribution in [-0.4, -0.2) is 15.2 Å². The van der Waals surface area contributed by atoms with Crippen molar-refractivity contribution >= 4 is 5.95 Å². The van der Waals surface area contributed by atoms with Crippen LogP contribution in [-0.2, 0) is 12.8 Å². The van der Waals surface area contributed by atoms with Gasteiger partial charge in [0, 0.05) is 0 Å². The third kappa shape index (κ3) is 2.67. The van der Waals surface area contributed by atoms with Crippen molar-refractivity contribution in [3.05, 3.63) is 35.5 Å². The minimum atomic E-state index is 0.0268. The summed E-state index contributed by atoms with van der Waals surface area (Å²) in [7, 11) is 0. The summed E-state index contributed by atoms with van der Waals surface area (Å²) < 4.78 is 5.33. The van der Waals surface area contributed by atoms with Crippen LogP contribution in [0.15, 0.2) is 22.8 Å². The lowest BCUT2D eigenvalue weighted by molar-refractivity contribution is 0.489. The second kappa shape index (κ2) is 5.62. The predicted molar refractivity (Wildman–Crippen MR) is 69.3 cm³/mol. The van der Waals surface area contributed by atoms with Crippen molar-refractivity contribution in [2.45, 2.75) is 39.7 Å². The molecule has 5 nitrogen and oxygen atoms in total. The molecule has 0 bridgehead atoms. The Morgan fingerprint density at radius 2 is 2.00 bits per heavy atom. The monoisotopic (exact) mass is 246 g/mol. The first-order chi connectivity index (χ1) is 8.74. The molecular weight excluding hydrogens is 228 g/mol. The van der Waals surface area contributed by atoms with Gasteiger partial charge >= 0.3 is 0 Å². The van der Waals surface area contributed by atoms with Gasteiger partial charge in [0.25, 0.3) is 0 Å². The highest BCUT2D eigenvalue weighted by Gasteiger charge is 2.11. The second-order valence-electron chi connectivity index (χ2n) is 4.12. The fourth-order valence-electron chi connectivity index (χ4n) is 1.80. The normalized spacial score (nSPS) is 12.4. The number of rotatable bonds is 5. The minimum Gasteiger partial charge on any atom is -0.467 e. The molecule has 0 aromatic carbocycles. The standard InChI is InChI=1S/C13H18N4O/c1-4-10-11(5-2)16-17-13(15-10)14-9(3)12-7-6-8-18-12/h6-9H,4-5H2,1-3H3,(H,14,15,17). The number of aromatic nitrogens is 3. The van der Waals surface area contributed by atoms with Crippen LogP contribution in [0.25, 0.3) is 0 Å². The predicted octanol–water partition coefficient (Wildman–Crippen LogP) is 2.76. The number of anilines is 1. The van der Waals surface area contributed by atoms with Gasteiger partial charge in [0.15, 0.2) is 0 Å². The smallest absolute Gasteiger partial charge is 0.243 e. The molecule has 2 aromatic rings. The quantitative estimate of drug-likeness (QED) is 0.878. The summed E-state index contributed by atoms with van der Waals surface area (Å²) in [4.78, 5) is 4.49. The molecule has 5 heteroatoms. The first-order valence-electron chi connectivity index (χ1n) is 6.27. The zero-order valence-electron chi connectivity index (χ0n) is 11.0. The molecule has 96 valence electrons. The largest absolute Gasteiger partial charge is 0.467 e. The van der Waals surface area contributed by atoms with Crippen molar-refractivity contribution in [3.63, 3.8) is 0 Å². The van der Waals surface area contributed by atoms with Gasteiger partial charge in [0.1, 0.15) is 5.76 Å². The Balaban J connectivity index is 2.14. The SMILES string of the molecule is CCc1nnc(NC(C)c2ccco2)nc1CC. The van der Waals surface area contributed by atoms with Crippen LogP contribution in [0.1, 0.15) is 44.0 Å². The molecule has 1 unspecified atom stereocenters. The third-order valence-electron chi connectivity index (χ3n) is 2.82. The van der Waals surface area contributed by atoms with Crippen LogP contribution in [0.2, 0.25) is 0 Å². The Labute approximate surface area is 107 Å². The maximum atomic E-state index is 5.33. The van der Waals surface area contributed by atoms with Gasteiger partial charge in [-0.05, 0) is 31.9 Å². The van der Waals surface area contributed by atoms with E-state index in [-0.39, 0.29) is 6.04 Å². The Morgan fingerprint density at radius 3 is 2.61 bits per heavy atom. The summed E-state index contributed by atoms with van der Waals surface area (Å²) in [6, 6.07) is 3.82. The fraction of sp³-hybridized carbons (Fsp3) is 0.462. The molecule has 0 saturated heterocycles. The van der Waals surface area contributed by atoms with Crippen LogP contribution in [0, 0.1) is 0 Å². The molecule has 2 aromatic heterocycles. The molecule has 0 spiro atoms. The number of hydrogen-bond donors (Lipinski definition) is 1. The maximum absolute atomic E-state index is 5.33. The van der Waals surface area contributed by atoms with E-state index in [1.165, 1.54) is 0 Å². The Kier molecular flexibility index (Phi) is 3.92. The molecule has 2 rings (SSSR count). The molecule has 0 amide bonds. The van der Waals surface area contributed by atoms with Crippen molar-refractivity contribution in [1.82, 2.24) is 15.2 Å². The second-order valence-corrected chi connectivity index (χ2v) is 4.12. The van der Waals surface area contributed by atoms with Crippen molar-refractivity contribution in [1.29, 1.82) is 0 Å². The molecule has 2 heterocycles. The number of aryl methyl sites for hydroxylation is 2. The summed E-state index contributed by atoms with van der Waals surface area (Å²) in [5.74, 6) is 1.41. The van der Waals surface area contributed by atoms with E-state index in [1.807, 2.05) is 19.1 Å². The van der Waals surface area contributed by atoms with Crippen molar-refractivity contribution in [3.8, 4) is 0 Å². The molecule has 1 N–H and O–H groups in total. The van der Waals surface area contributed by atoms with E-state index in [4.69, 9.17) is 4.42 Å².